The van der Waals surface area contributed by atoms with E-state index in [1.54, 1.807) is 26.8 Å². The number of hydrogen-bond acceptors (Lipinski definition) is 2. The summed E-state index contributed by atoms with van der Waals surface area (Å²) in [7, 11) is 1.33. The van der Waals surface area contributed by atoms with Gasteiger partial charge in [-0.1, -0.05) is 0 Å². The molecule has 0 aliphatic heterocycles. The van der Waals surface area contributed by atoms with Crippen LogP contribution in [0.15, 0.2) is 12.1 Å². The van der Waals surface area contributed by atoms with Gasteiger partial charge in [-0.2, -0.15) is 0 Å². The Morgan fingerprint density at radius 1 is 1.12 bits per heavy atom. The van der Waals surface area contributed by atoms with E-state index in [0.29, 0.717) is 11.1 Å². The lowest BCUT2D eigenvalue weighted by atomic mass is 9.91. The van der Waals surface area contributed by atoms with Crippen LogP contribution in [-0.4, -0.2) is 12.2 Å². The zero-order chi connectivity index (χ0) is 13.4. The molecule has 4 heteroatoms. The second kappa shape index (κ2) is 4.26. The average Bonchev–Trinajstić information content (AvgIpc) is 2.13. The van der Waals surface area contributed by atoms with Crippen molar-refractivity contribution in [2.24, 2.45) is 0 Å². The first-order valence-electron chi connectivity index (χ1n) is 5.37. The van der Waals surface area contributed by atoms with Crippen LogP contribution in [0, 0.1) is 6.92 Å². The number of hydrogen-bond donors (Lipinski definition) is 1. The maximum Gasteiger partial charge on any atom is 0.274 e. The van der Waals surface area contributed by atoms with Gasteiger partial charge in [0.15, 0.2) is 0 Å². The molecule has 0 aliphatic carbocycles. The molecule has 0 unspecified atom stereocenters. The number of aliphatic hydroxyl groups is 1. The largest absolute Gasteiger partial charge is 0.496 e. The van der Waals surface area contributed by atoms with E-state index >= 15 is 0 Å². The van der Waals surface area contributed by atoms with E-state index in [0.717, 1.165) is 6.92 Å². The van der Waals surface area contributed by atoms with Crippen LogP contribution in [0.25, 0.3) is 0 Å². The first kappa shape index (κ1) is 13.9. The van der Waals surface area contributed by atoms with Gasteiger partial charge in [0.1, 0.15) is 5.75 Å². The molecule has 0 aliphatic rings. The van der Waals surface area contributed by atoms with Gasteiger partial charge < -0.3 is 9.84 Å². The summed E-state index contributed by atoms with van der Waals surface area (Å²) in [6, 6.07) is 3.04. The fourth-order valence-electron chi connectivity index (χ4n) is 1.77. The smallest absolute Gasteiger partial charge is 0.274 e. The Labute approximate surface area is 100 Å². The van der Waals surface area contributed by atoms with E-state index in [9.17, 15) is 13.9 Å². The van der Waals surface area contributed by atoms with Crippen molar-refractivity contribution in [2.45, 2.75) is 39.2 Å². The molecule has 0 aromatic heterocycles. The molecule has 0 bridgehead atoms. The van der Waals surface area contributed by atoms with Crippen LogP contribution in [0.1, 0.15) is 37.5 Å². The van der Waals surface area contributed by atoms with E-state index in [2.05, 4.69) is 0 Å². The molecule has 0 fully saturated rings. The normalized spacial score (nSPS) is 12.7. The van der Waals surface area contributed by atoms with Gasteiger partial charge in [0.2, 0.25) is 0 Å². The van der Waals surface area contributed by atoms with E-state index in [1.165, 1.54) is 13.2 Å². The Kier molecular flexibility index (Phi) is 3.48. The quantitative estimate of drug-likeness (QED) is 0.883. The van der Waals surface area contributed by atoms with E-state index in [1.807, 2.05) is 0 Å². The van der Waals surface area contributed by atoms with Gasteiger partial charge in [0.25, 0.3) is 5.92 Å². The highest BCUT2D eigenvalue weighted by Crippen LogP contribution is 2.41. The van der Waals surface area contributed by atoms with E-state index in [-0.39, 0.29) is 11.3 Å². The lowest BCUT2D eigenvalue weighted by Crippen LogP contribution is -2.20. The predicted molar refractivity (Wildman–Crippen MR) is 62.5 cm³/mol. The molecule has 1 rings (SSSR count). The summed E-state index contributed by atoms with van der Waals surface area (Å²) in [5.41, 5.74) is -0.384. The number of methoxy groups -OCH3 is 1. The third-order valence-electron chi connectivity index (χ3n) is 2.57. The maximum atomic E-state index is 13.5. The number of rotatable bonds is 3. The number of alkyl halides is 2. The number of ether oxygens (including phenoxy) is 1. The van der Waals surface area contributed by atoms with Crippen LogP contribution in [0.5, 0.6) is 5.75 Å². The SMILES string of the molecule is COc1c(C(C)(C)O)cc(C)cc1C(C)(F)F. The Bertz CT molecular complexity index is 379. The predicted octanol–water partition coefficient (Wildman–Crippen LogP) is 3.34. The van der Waals surface area contributed by atoms with Crippen LogP contribution in [0.2, 0.25) is 0 Å². The number of halogens is 2. The fourth-order valence-corrected chi connectivity index (χ4v) is 1.77. The molecule has 0 saturated heterocycles. The van der Waals surface area contributed by atoms with Gasteiger partial charge in [-0.05, 0) is 38.5 Å². The average molecular weight is 244 g/mol. The third kappa shape index (κ3) is 2.94. The van der Waals surface area contributed by atoms with Gasteiger partial charge in [-0.25, -0.2) is 8.78 Å². The van der Waals surface area contributed by atoms with Crippen molar-refractivity contribution in [2.75, 3.05) is 7.11 Å². The minimum absolute atomic E-state index is 0.0515. The van der Waals surface area contributed by atoms with Crippen LogP contribution in [0.4, 0.5) is 8.78 Å². The van der Waals surface area contributed by atoms with Crippen molar-refractivity contribution in [3.63, 3.8) is 0 Å². The summed E-state index contributed by atoms with van der Waals surface area (Å²) < 4.78 is 32.0. The minimum Gasteiger partial charge on any atom is -0.496 e. The second-order valence-corrected chi connectivity index (χ2v) is 4.84. The van der Waals surface area contributed by atoms with Crippen LogP contribution in [0.3, 0.4) is 0 Å². The lowest BCUT2D eigenvalue weighted by Gasteiger charge is -2.25. The molecule has 2 nitrogen and oxygen atoms in total. The molecule has 1 aromatic carbocycles. The second-order valence-electron chi connectivity index (χ2n) is 4.84. The standard InChI is InChI=1S/C13H18F2O2/c1-8-6-9(12(2,3)16)11(17-5)10(7-8)13(4,14)15/h6-7,16H,1-5H3. The zero-order valence-corrected chi connectivity index (χ0v) is 10.8. The van der Waals surface area contributed by atoms with Crippen molar-refractivity contribution in [3.05, 3.63) is 28.8 Å². The van der Waals surface area contributed by atoms with Crippen molar-refractivity contribution < 1.29 is 18.6 Å². The Hall–Kier alpha value is -1.16. The molecule has 1 aromatic rings. The molecule has 0 heterocycles. The van der Waals surface area contributed by atoms with E-state index < -0.39 is 11.5 Å². The summed E-state index contributed by atoms with van der Waals surface area (Å²) in [6.45, 7) is 5.62. The molecule has 17 heavy (non-hydrogen) atoms. The van der Waals surface area contributed by atoms with Crippen LogP contribution in [-0.2, 0) is 11.5 Å². The van der Waals surface area contributed by atoms with Gasteiger partial charge >= 0.3 is 0 Å². The molecule has 0 saturated carbocycles. The van der Waals surface area contributed by atoms with Crippen molar-refractivity contribution >= 4 is 0 Å². The Morgan fingerprint density at radius 3 is 1.94 bits per heavy atom. The summed E-state index contributed by atoms with van der Waals surface area (Å²) in [4.78, 5) is 0. The zero-order valence-electron chi connectivity index (χ0n) is 10.8. The topological polar surface area (TPSA) is 29.5 Å². The third-order valence-corrected chi connectivity index (χ3v) is 2.57. The fraction of sp³-hybridized carbons (Fsp3) is 0.538. The van der Waals surface area contributed by atoms with Crippen molar-refractivity contribution in [1.29, 1.82) is 0 Å². The van der Waals surface area contributed by atoms with E-state index in [4.69, 9.17) is 4.74 Å². The van der Waals surface area contributed by atoms with Crippen molar-refractivity contribution in [1.82, 2.24) is 0 Å². The highest BCUT2D eigenvalue weighted by Gasteiger charge is 2.33. The summed E-state index contributed by atoms with van der Waals surface area (Å²) in [5.74, 6) is -2.95. The molecule has 0 atom stereocenters. The minimum atomic E-state index is -3.00. The monoisotopic (exact) mass is 244 g/mol. The molecular formula is C13H18F2O2. The number of aryl methyl sites for hydroxylation is 1. The molecule has 1 N–H and O–H groups in total. The van der Waals surface area contributed by atoms with Crippen molar-refractivity contribution in [3.8, 4) is 5.75 Å². The van der Waals surface area contributed by atoms with Gasteiger partial charge in [0.05, 0.1) is 18.3 Å². The first-order chi connectivity index (χ1) is 7.57. The summed E-state index contributed by atoms with van der Waals surface area (Å²) in [5, 5.41) is 9.99. The van der Waals surface area contributed by atoms with Gasteiger partial charge in [-0.15, -0.1) is 0 Å². The summed E-state index contributed by atoms with van der Waals surface area (Å²) in [6.07, 6.45) is 0. The lowest BCUT2D eigenvalue weighted by molar-refractivity contribution is 0.0137. The first-order valence-corrected chi connectivity index (χ1v) is 5.37. The highest BCUT2D eigenvalue weighted by molar-refractivity contribution is 5.48. The maximum absolute atomic E-state index is 13.5. The molecule has 0 spiro atoms. The van der Waals surface area contributed by atoms with Gasteiger partial charge in [0, 0.05) is 12.5 Å². The molecule has 0 radical (unpaired) electrons. The Morgan fingerprint density at radius 2 is 1.59 bits per heavy atom. The molecular weight excluding hydrogens is 226 g/mol. The molecule has 0 amide bonds. The summed E-state index contributed by atoms with van der Waals surface area (Å²) >= 11 is 0. The Balaban J connectivity index is 3.58. The highest BCUT2D eigenvalue weighted by atomic mass is 19.3. The van der Waals surface area contributed by atoms with Gasteiger partial charge in [-0.3, -0.25) is 0 Å². The van der Waals surface area contributed by atoms with Crippen LogP contribution < -0.4 is 4.74 Å². The molecule has 96 valence electrons. The number of benzene rings is 1. The van der Waals surface area contributed by atoms with Crippen LogP contribution >= 0.6 is 0 Å².